The van der Waals surface area contributed by atoms with Crippen LogP contribution in [0.15, 0.2) is 34.7 Å². The molecule has 27 heavy (non-hydrogen) atoms. The van der Waals surface area contributed by atoms with Crippen molar-refractivity contribution in [3.63, 3.8) is 0 Å². The van der Waals surface area contributed by atoms with Gasteiger partial charge in [-0.1, -0.05) is 11.6 Å². The standard InChI is InChI=1S/C19H24ClN3O4/c20-18-13-15(23(24)25)3-5-17(18)19-6-4-16(27-19)14-21-7-1-2-8-22-9-11-26-12-10-22/h3-6,13,21H,1-2,7-12,14H2. The average molecular weight is 394 g/mol. The van der Waals surface area contributed by atoms with Crippen molar-refractivity contribution in [1.82, 2.24) is 10.2 Å². The summed E-state index contributed by atoms with van der Waals surface area (Å²) in [7, 11) is 0. The third-order valence-electron chi connectivity index (χ3n) is 4.57. The van der Waals surface area contributed by atoms with E-state index >= 15 is 0 Å². The SMILES string of the molecule is O=[N+]([O-])c1ccc(-c2ccc(CNCCCCN3CCOCC3)o2)c(Cl)c1. The first-order chi connectivity index (χ1) is 13.1. The molecule has 1 aliphatic heterocycles. The van der Waals surface area contributed by atoms with Crippen molar-refractivity contribution in [2.75, 3.05) is 39.4 Å². The van der Waals surface area contributed by atoms with E-state index in [1.165, 1.54) is 12.1 Å². The molecule has 2 heterocycles. The highest BCUT2D eigenvalue weighted by atomic mass is 35.5. The summed E-state index contributed by atoms with van der Waals surface area (Å²) in [6, 6.07) is 8.11. The number of nitrogens with zero attached hydrogens (tertiary/aromatic N) is 2. The highest BCUT2D eigenvalue weighted by molar-refractivity contribution is 6.33. The fourth-order valence-electron chi connectivity index (χ4n) is 3.06. The summed E-state index contributed by atoms with van der Waals surface area (Å²) in [6.07, 6.45) is 2.27. The van der Waals surface area contributed by atoms with E-state index in [0.29, 0.717) is 22.9 Å². The van der Waals surface area contributed by atoms with Crippen LogP contribution in [0.4, 0.5) is 5.69 Å². The summed E-state index contributed by atoms with van der Waals surface area (Å²) in [5.74, 6) is 1.42. The Morgan fingerprint density at radius 3 is 2.74 bits per heavy atom. The van der Waals surface area contributed by atoms with Crippen molar-refractivity contribution >= 4 is 17.3 Å². The largest absolute Gasteiger partial charge is 0.460 e. The molecule has 1 N–H and O–H groups in total. The molecule has 0 aliphatic carbocycles. The van der Waals surface area contributed by atoms with Gasteiger partial charge in [0.05, 0.1) is 29.7 Å². The molecular weight excluding hydrogens is 370 g/mol. The van der Waals surface area contributed by atoms with Gasteiger partial charge in [-0.15, -0.1) is 0 Å². The summed E-state index contributed by atoms with van der Waals surface area (Å²) < 4.78 is 11.2. The summed E-state index contributed by atoms with van der Waals surface area (Å²) in [5.41, 5.74) is 0.619. The second-order valence-corrected chi connectivity index (χ2v) is 6.93. The molecule has 0 spiro atoms. The van der Waals surface area contributed by atoms with Gasteiger partial charge in [-0.2, -0.15) is 0 Å². The van der Waals surface area contributed by atoms with Crippen molar-refractivity contribution < 1.29 is 14.1 Å². The van der Waals surface area contributed by atoms with Gasteiger partial charge >= 0.3 is 0 Å². The van der Waals surface area contributed by atoms with Gasteiger partial charge in [0, 0.05) is 30.8 Å². The summed E-state index contributed by atoms with van der Waals surface area (Å²) in [6.45, 7) is 6.45. The minimum atomic E-state index is -0.466. The van der Waals surface area contributed by atoms with Crippen molar-refractivity contribution in [1.29, 1.82) is 0 Å². The number of nitro groups is 1. The Balaban J connectivity index is 1.41. The summed E-state index contributed by atoms with van der Waals surface area (Å²) in [5, 5.41) is 14.5. The van der Waals surface area contributed by atoms with Crippen LogP contribution in [-0.4, -0.2) is 49.2 Å². The van der Waals surface area contributed by atoms with Gasteiger partial charge in [-0.05, 0) is 44.1 Å². The first-order valence-corrected chi connectivity index (χ1v) is 9.55. The van der Waals surface area contributed by atoms with Gasteiger partial charge in [-0.25, -0.2) is 0 Å². The van der Waals surface area contributed by atoms with Gasteiger partial charge in [0.15, 0.2) is 0 Å². The number of morpholine rings is 1. The topological polar surface area (TPSA) is 80.8 Å². The summed E-state index contributed by atoms with van der Waals surface area (Å²) >= 11 is 6.15. The Morgan fingerprint density at radius 1 is 1.19 bits per heavy atom. The lowest BCUT2D eigenvalue weighted by molar-refractivity contribution is -0.384. The molecular formula is C19H24ClN3O4. The average Bonchev–Trinajstić information content (AvgIpc) is 3.14. The van der Waals surface area contributed by atoms with Gasteiger partial charge < -0.3 is 14.5 Å². The maximum atomic E-state index is 10.8. The zero-order valence-electron chi connectivity index (χ0n) is 15.2. The Hall–Kier alpha value is -1.93. The Bertz CT molecular complexity index is 759. The molecule has 1 aromatic heterocycles. The van der Waals surface area contributed by atoms with Crippen LogP contribution in [0.3, 0.4) is 0 Å². The van der Waals surface area contributed by atoms with Crippen LogP contribution in [0.1, 0.15) is 18.6 Å². The number of hydrogen-bond donors (Lipinski definition) is 1. The number of nitro benzene ring substituents is 1. The van der Waals surface area contributed by atoms with Gasteiger partial charge in [0.25, 0.3) is 5.69 Å². The molecule has 0 saturated carbocycles. The van der Waals surface area contributed by atoms with E-state index in [2.05, 4.69) is 10.2 Å². The van der Waals surface area contributed by atoms with E-state index in [-0.39, 0.29) is 5.69 Å². The number of furan rings is 1. The second-order valence-electron chi connectivity index (χ2n) is 6.53. The van der Waals surface area contributed by atoms with Crippen molar-refractivity contribution in [3.05, 3.63) is 51.2 Å². The van der Waals surface area contributed by atoms with E-state index in [0.717, 1.165) is 58.0 Å². The zero-order chi connectivity index (χ0) is 19.1. The molecule has 0 unspecified atom stereocenters. The third kappa shape index (κ3) is 5.77. The van der Waals surface area contributed by atoms with E-state index in [1.54, 1.807) is 6.07 Å². The number of non-ortho nitro benzene ring substituents is 1. The van der Waals surface area contributed by atoms with E-state index in [9.17, 15) is 10.1 Å². The molecule has 1 fully saturated rings. The maximum Gasteiger partial charge on any atom is 0.270 e. The predicted molar refractivity (Wildman–Crippen MR) is 104 cm³/mol. The van der Waals surface area contributed by atoms with Crippen LogP contribution >= 0.6 is 11.6 Å². The fourth-order valence-corrected chi connectivity index (χ4v) is 3.32. The first kappa shape index (κ1) is 19.8. The van der Waals surface area contributed by atoms with E-state index < -0.39 is 4.92 Å². The minimum absolute atomic E-state index is 0.0331. The monoisotopic (exact) mass is 393 g/mol. The molecule has 1 saturated heterocycles. The highest BCUT2D eigenvalue weighted by Crippen LogP contribution is 2.32. The molecule has 7 nitrogen and oxygen atoms in total. The molecule has 0 amide bonds. The number of rotatable bonds is 9. The molecule has 0 radical (unpaired) electrons. The van der Waals surface area contributed by atoms with E-state index in [4.69, 9.17) is 20.8 Å². The lowest BCUT2D eigenvalue weighted by atomic mass is 10.1. The normalized spacial score (nSPS) is 15.1. The van der Waals surface area contributed by atoms with Gasteiger partial charge in [0.1, 0.15) is 11.5 Å². The Labute approximate surface area is 163 Å². The molecule has 146 valence electrons. The van der Waals surface area contributed by atoms with Gasteiger partial charge in [-0.3, -0.25) is 15.0 Å². The smallest absolute Gasteiger partial charge is 0.270 e. The molecule has 3 rings (SSSR count). The first-order valence-electron chi connectivity index (χ1n) is 9.17. The number of unbranched alkanes of at least 4 members (excludes halogenated alkanes) is 1. The molecule has 8 heteroatoms. The van der Waals surface area contributed by atoms with Gasteiger partial charge in [0.2, 0.25) is 0 Å². The predicted octanol–water partition coefficient (Wildman–Crippen LogP) is 3.71. The van der Waals surface area contributed by atoms with Crippen LogP contribution in [-0.2, 0) is 11.3 Å². The third-order valence-corrected chi connectivity index (χ3v) is 4.88. The minimum Gasteiger partial charge on any atom is -0.460 e. The fraction of sp³-hybridized carbons (Fsp3) is 0.474. The van der Waals surface area contributed by atoms with Crippen LogP contribution in [0, 0.1) is 10.1 Å². The van der Waals surface area contributed by atoms with Crippen molar-refractivity contribution in [3.8, 4) is 11.3 Å². The number of nitrogens with one attached hydrogen (secondary N) is 1. The van der Waals surface area contributed by atoms with Crippen LogP contribution in [0.2, 0.25) is 5.02 Å². The zero-order valence-corrected chi connectivity index (χ0v) is 15.9. The lowest BCUT2D eigenvalue weighted by Gasteiger charge is -2.26. The molecule has 0 atom stereocenters. The molecule has 0 bridgehead atoms. The summed E-state index contributed by atoms with van der Waals surface area (Å²) in [4.78, 5) is 12.8. The second kappa shape index (κ2) is 9.85. The Kier molecular flexibility index (Phi) is 7.23. The van der Waals surface area contributed by atoms with Crippen LogP contribution in [0.5, 0.6) is 0 Å². The quantitative estimate of drug-likeness (QED) is 0.397. The highest BCUT2D eigenvalue weighted by Gasteiger charge is 2.13. The van der Waals surface area contributed by atoms with E-state index in [1.807, 2.05) is 12.1 Å². The number of benzene rings is 1. The number of ether oxygens (including phenoxy) is 1. The number of hydrogen-bond acceptors (Lipinski definition) is 6. The molecule has 1 aliphatic rings. The number of halogens is 1. The Morgan fingerprint density at radius 2 is 2.00 bits per heavy atom. The van der Waals surface area contributed by atoms with Crippen molar-refractivity contribution in [2.45, 2.75) is 19.4 Å². The van der Waals surface area contributed by atoms with Crippen molar-refractivity contribution in [2.24, 2.45) is 0 Å². The lowest BCUT2D eigenvalue weighted by Crippen LogP contribution is -2.37. The van der Waals surface area contributed by atoms with Crippen LogP contribution in [0.25, 0.3) is 11.3 Å². The molecule has 1 aromatic carbocycles. The molecule has 2 aromatic rings. The maximum absolute atomic E-state index is 10.8. The van der Waals surface area contributed by atoms with Crippen LogP contribution < -0.4 is 5.32 Å².